The third-order valence-corrected chi connectivity index (χ3v) is 9.21. The van der Waals surface area contributed by atoms with Crippen molar-refractivity contribution in [3.8, 4) is 0 Å². The predicted octanol–water partition coefficient (Wildman–Crippen LogP) is 5.58. The molecular weight excluding hydrogens is 911 g/mol. The fourth-order valence-corrected chi connectivity index (χ4v) is 6.16. The van der Waals surface area contributed by atoms with Crippen molar-refractivity contribution in [3.05, 3.63) is 35.9 Å². The van der Waals surface area contributed by atoms with Crippen LogP contribution in [0, 0.1) is 0 Å². The first kappa shape index (κ1) is 63.3. The average molecular weight is 996 g/mol. The summed E-state index contributed by atoms with van der Waals surface area (Å²) in [6.45, 7) is 25.2. The molecule has 0 bridgehead atoms. The molecule has 0 saturated carbocycles. The molecule has 19 heteroatoms. The molecule has 0 fully saturated rings. The fourth-order valence-electron chi connectivity index (χ4n) is 6.16. The standard InChI is InChI=1S/C51H85N3O16/c1-48(2,3)67-43(57)20-26-52(27-21-44(58)68-49(4,5)6)30-33-62-36-38-64-41(55)18-24-54(32-35-66-47(61)40-16-14-13-15-17-40)25-19-42(56)65-39-37-63-34-31-53(28-22-45(59)69-50(7,8)9)29-23-46(60)70-51(10,11)12/h13-17H,18-39H2,1-12H3. The first-order valence-corrected chi connectivity index (χ1v) is 24.3. The Morgan fingerprint density at radius 1 is 0.343 bits per heavy atom. The third-order valence-electron chi connectivity index (χ3n) is 9.21. The molecule has 1 aromatic rings. The van der Waals surface area contributed by atoms with Crippen LogP contribution in [-0.4, -0.2) is 184 Å². The zero-order valence-corrected chi connectivity index (χ0v) is 44.3. The van der Waals surface area contributed by atoms with Crippen molar-refractivity contribution in [1.82, 2.24) is 14.7 Å². The highest BCUT2D eigenvalue weighted by Gasteiger charge is 2.22. The van der Waals surface area contributed by atoms with E-state index in [-0.39, 0.29) is 128 Å². The molecule has 0 aliphatic rings. The molecule has 0 aliphatic heterocycles. The molecule has 0 atom stereocenters. The molecule has 400 valence electrons. The van der Waals surface area contributed by atoms with E-state index in [0.29, 0.717) is 44.8 Å². The van der Waals surface area contributed by atoms with Gasteiger partial charge in [0.25, 0.3) is 0 Å². The molecule has 19 nitrogen and oxygen atoms in total. The summed E-state index contributed by atoms with van der Waals surface area (Å²) in [5, 5.41) is 0. The molecule has 0 aromatic heterocycles. The number of carbonyl (C=O) groups excluding carboxylic acids is 7. The maximum atomic E-state index is 12.8. The molecule has 0 saturated heterocycles. The summed E-state index contributed by atoms with van der Waals surface area (Å²) in [7, 11) is 0. The Kier molecular flexibility index (Phi) is 29.9. The third kappa shape index (κ3) is 37.2. The highest BCUT2D eigenvalue weighted by Crippen LogP contribution is 2.13. The van der Waals surface area contributed by atoms with E-state index in [1.54, 1.807) is 118 Å². The van der Waals surface area contributed by atoms with Gasteiger partial charge in [0.2, 0.25) is 0 Å². The normalized spacial score (nSPS) is 12.2. The van der Waals surface area contributed by atoms with Crippen LogP contribution in [0.5, 0.6) is 0 Å². The lowest BCUT2D eigenvalue weighted by atomic mass is 10.2. The van der Waals surface area contributed by atoms with Crippen molar-refractivity contribution in [2.75, 3.05) is 105 Å². The van der Waals surface area contributed by atoms with Crippen LogP contribution in [0.4, 0.5) is 0 Å². The minimum absolute atomic E-state index is 0.00602. The van der Waals surface area contributed by atoms with Crippen LogP contribution in [0.25, 0.3) is 0 Å². The Labute approximate surface area is 416 Å². The maximum Gasteiger partial charge on any atom is 0.338 e. The quantitative estimate of drug-likeness (QED) is 0.0469. The molecule has 0 N–H and O–H groups in total. The first-order valence-electron chi connectivity index (χ1n) is 24.3. The zero-order chi connectivity index (χ0) is 52.8. The number of carbonyl (C=O) groups is 7. The monoisotopic (exact) mass is 996 g/mol. The van der Waals surface area contributed by atoms with Gasteiger partial charge < -0.3 is 42.6 Å². The molecular formula is C51H85N3O16. The smallest absolute Gasteiger partial charge is 0.338 e. The van der Waals surface area contributed by atoms with E-state index < -0.39 is 40.3 Å². The van der Waals surface area contributed by atoms with Gasteiger partial charge in [-0.05, 0) is 95.2 Å². The second-order valence-corrected chi connectivity index (χ2v) is 20.5. The van der Waals surface area contributed by atoms with Gasteiger partial charge >= 0.3 is 41.8 Å². The van der Waals surface area contributed by atoms with Crippen molar-refractivity contribution in [2.24, 2.45) is 0 Å². The second kappa shape index (κ2) is 33.1. The van der Waals surface area contributed by atoms with Gasteiger partial charge in [-0.2, -0.15) is 0 Å². The number of hydrogen-bond acceptors (Lipinski definition) is 19. The minimum atomic E-state index is -0.616. The molecule has 0 spiro atoms. The topological polar surface area (TPSA) is 212 Å². The van der Waals surface area contributed by atoms with Crippen molar-refractivity contribution < 1.29 is 76.2 Å². The summed E-state index contributed by atoms with van der Waals surface area (Å²) in [6, 6.07) is 8.54. The van der Waals surface area contributed by atoms with Gasteiger partial charge in [0, 0.05) is 58.9 Å². The number of hydrogen-bond donors (Lipinski definition) is 0. The molecule has 1 rings (SSSR count). The number of rotatable bonds is 34. The maximum absolute atomic E-state index is 12.8. The average Bonchev–Trinajstić information content (AvgIpc) is 3.23. The van der Waals surface area contributed by atoms with Crippen LogP contribution in [0.1, 0.15) is 132 Å². The van der Waals surface area contributed by atoms with E-state index in [2.05, 4.69) is 0 Å². The Balaban J connectivity index is 2.64. The fraction of sp³-hybridized carbons (Fsp3) is 0.745. The van der Waals surface area contributed by atoms with Crippen LogP contribution in [0.3, 0.4) is 0 Å². The van der Waals surface area contributed by atoms with Crippen molar-refractivity contribution in [2.45, 2.75) is 144 Å². The number of esters is 7. The SMILES string of the molecule is CC(C)(C)OC(=O)CCN(CCOCCOC(=O)CCN(CCOC(=O)c1ccccc1)CCC(=O)OCCOCCN(CCC(=O)OC(C)(C)C)CCC(=O)OC(C)(C)C)CCC(=O)OC(C)(C)C. The highest BCUT2D eigenvalue weighted by molar-refractivity contribution is 5.89. The summed E-state index contributed by atoms with van der Waals surface area (Å²) in [4.78, 5) is 93.1. The van der Waals surface area contributed by atoms with E-state index in [9.17, 15) is 33.6 Å². The molecule has 70 heavy (non-hydrogen) atoms. The number of nitrogens with zero attached hydrogens (tertiary/aromatic N) is 3. The summed E-state index contributed by atoms with van der Waals surface area (Å²) < 4.78 is 49.4. The lowest BCUT2D eigenvalue weighted by Gasteiger charge is -2.25. The van der Waals surface area contributed by atoms with E-state index >= 15 is 0 Å². The summed E-state index contributed by atoms with van der Waals surface area (Å²) in [5.74, 6) is -2.87. The van der Waals surface area contributed by atoms with Gasteiger partial charge in [0.05, 0.1) is 70.5 Å². The molecule has 0 unspecified atom stereocenters. The van der Waals surface area contributed by atoms with Gasteiger partial charge in [0.1, 0.15) is 42.2 Å². The van der Waals surface area contributed by atoms with Crippen molar-refractivity contribution >= 4 is 41.8 Å². The second-order valence-electron chi connectivity index (χ2n) is 20.5. The number of benzene rings is 1. The van der Waals surface area contributed by atoms with Crippen LogP contribution in [-0.2, 0) is 71.4 Å². The van der Waals surface area contributed by atoms with E-state index in [4.69, 9.17) is 42.6 Å². The van der Waals surface area contributed by atoms with E-state index in [1.807, 2.05) is 9.80 Å². The minimum Gasteiger partial charge on any atom is -0.463 e. The Hall–Kier alpha value is -4.69. The summed E-state index contributed by atoms with van der Waals surface area (Å²) in [6.07, 6.45) is 0.517. The molecule has 0 aliphatic carbocycles. The summed E-state index contributed by atoms with van der Waals surface area (Å²) >= 11 is 0. The Morgan fingerprint density at radius 2 is 0.629 bits per heavy atom. The summed E-state index contributed by atoms with van der Waals surface area (Å²) in [5.41, 5.74) is -2.07. The van der Waals surface area contributed by atoms with Gasteiger partial charge in [-0.25, -0.2) is 4.79 Å². The van der Waals surface area contributed by atoms with Crippen molar-refractivity contribution in [3.63, 3.8) is 0 Å². The van der Waals surface area contributed by atoms with Crippen LogP contribution < -0.4 is 0 Å². The number of ether oxygens (including phenoxy) is 9. The lowest BCUT2D eigenvalue weighted by molar-refractivity contribution is -0.157. The molecule has 0 radical (unpaired) electrons. The Morgan fingerprint density at radius 3 is 0.929 bits per heavy atom. The van der Waals surface area contributed by atoms with Gasteiger partial charge in [-0.3, -0.25) is 43.5 Å². The molecule has 1 aromatic carbocycles. The van der Waals surface area contributed by atoms with Gasteiger partial charge in [-0.1, -0.05) is 18.2 Å². The predicted molar refractivity (Wildman–Crippen MR) is 261 cm³/mol. The highest BCUT2D eigenvalue weighted by atomic mass is 16.6. The van der Waals surface area contributed by atoms with Crippen LogP contribution >= 0.6 is 0 Å². The van der Waals surface area contributed by atoms with Crippen LogP contribution in [0.15, 0.2) is 30.3 Å². The first-order chi connectivity index (χ1) is 32.6. The lowest BCUT2D eigenvalue weighted by Crippen LogP contribution is -2.35. The van der Waals surface area contributed by atoms with Gasteiger partial charge in [-0.15, -0.1) is 0 Å². The molecule has 0 heterocycles. The van der Waals surface area contributed by atoms with Crippen LogP contribution in [0.2, 0.25) is 0 Å². The largest absolute Gasteiger partial charge is 0.463 e. The molecule has 0 amide bonds. The van der Waals surface area contributed by atoms with E-state index in [0.717, 1.165) is 0 Å². The Bertz CT molecular complexity index is 1550. The van der Waals surface area contributed by atoms with E-state index in [1.165, 1.54) is 0 Å². The van der Waals surface area contributed by atoms with Gasteiger partial charge in [0.15, 0.2) is 0 Å². The zero-order valence-electron chi connectivity index (χ0n) is 44.3. The van der Waals surface area contributed by atoms with Crippen molar-refractivity contribution in [1.29, 1.82) is 0 Å².